The zero-order valence-corrected chi connectivity index (χ0v) is 8.87. The number of rotatable bonds is 0. The zero-order valence-electron chi connectivity index (χ0n) is 7.29. The van der Waals surface area contributed by atoms with Crippen molar-refractivity contribution in [1.82, 2.24) is 0 Å². The van der Waals surface area contributed by atoms with Gasteiger partial charge in [0.25, 0.3) is 5.92 Å². The first-order valence-corrected chi connectivity index (χ1v) is 5.16. The van der Waals surface area contributed by atoms with Crippen molar-refractivity contribution in [3.63, 3.8) is 0 Å². The minimum Gasteiger partial charge on any atom is -0.206 e. The van der Waals surface area contributed by atoms with Gasteiger partial charge in [0.15, 0.2) is 0 Å². The molecule has 1 aromatic rings. The normalized spacial score (nSPS) is 19.1. The van der Waals surface area contributed by atoms with Gasteiger partial charge in [-0.2, -0.15) is 0 Å². The lowest BCUT2D eigenvalue weighted by atomic mass is 9.88. The summed E-state index contributed by atoms with van der Waals surface area (Å²) < 4.78 is 40.5. The van der Waals surface area contributed by atoms with E-state index in [4.69, 9.17) is 0 Å². The fourth-order valence-corrected chi connectivity index (χ4v) is 2.34. The summed E-state index contributed by atoms with van der Waals surface area (Å²) in [5.41, 5.74) is 0.0140. The monoisotopic (exact) mass is 264 g/mol. The molecule has 0 bridgehead atoms. The van der Waals surface area contributed by atoms with E-state index >= 15 is 0 Å². The van der Waals surface area contributed by atoms with Gasteiger partial charge in [0.1, 0.15) is 5.82 Å². The van der Waals surface area contributed by atoms with E-state index in [0.717, 1.165) is 6.07 Å². The highest BCUT2D eigenvalue weighted by Crippen LogP contribution is 2.42. The Kier molecular flexibility index (Phi) is 2.33. The van der Waals surface area contributed by atoms with Gasteiger partial charge in [-0.15, -0.1) is 0 Å². The number of fused-ring (bicyclic) bond motifs is 1. The van der Waals surface area contributed by atoms with Crippen LogP contribution in [0.2, 0.25) is 0 Å². The van der Waals surface area contributed by atoms with Gasteiger partial charge in [-0.1, -0.05) is 15.9 Å². The highest BCUT2D eigenvalue weighted by Gasteiger charge is 2.39. The predicted molar refractivity (Wildman–Crippen MR) is 50.9 cm³/mol. The fourth-order valence-electron chi connectivity index (χ4n) is 1.86. The molecule has 2 rings (SSSR count). The van der Waals surface area contributed by atoms with Crippen LogP contribution in [0.1, 0.15) is 24.0 Å². The summed E-state index contributed by atoms with van der Waals surface area (Å²) in [5.74, 6) is -3.81. The van der Waals surface area contributed by atoms with Crippen LogP contribution in [0.25, 0.3) is 0 Å². The van der Waals surface area contributed by atoms with Crippen LogP contribution in [0.15, 0.2) is 16.6 Å². The Morgan fingerprint density at radius 2 is 2.00 bits per heavy atom. The molecule has 0 unspecified atom stereocenters. The number of hydrogen-bond donors (Lipinski definition) is 0. The summed E-state index contributed by atoms with van der Waals surface area (Å²) in [6, 6.07) is 2.67. The molecule has 0 saturated carbocycles. The zero-order chi connectivity index (χ0) is 10.3. The molecular weight excluding hydrogens is 257 g/mol. The topological polar surface area (TPSA) is 0 Å². The average molecular weight is 265 g/mol. The second kappa shape index (κ2) is 3.26. The highest BCUT2D eigenvalue weighted by atomic mass is 79.9. The maximum Gasteiger partial charge on any atom is 0.276 e. The lowest BCUT2D eigenvalue weighted by Crippen LogP contribution is -2.22. The molecule has 0 saturated heterocycles. The summed E-state index contributed by atoms with van der Waals surface area (Å²) in [6.07, 6.45) is 0.690. The van der Waals surface area contributed by atoms with E-state index < -0.39 is 17.3 Å². The first-order chi connectivity index (χ1) is 6.50. The van der Waals surface area contributed by atoms with Gasteiger partial charge >= 0.3 is 0 Å². The predicted octanol–water partition coefficient (Wildman–Crippen LogP) is 4.02. The van der Waals surface area contributed by atoms with Gasteiger partial charge in [0, 0.05) is 10.9 Å². The number of hydrogen-bond acceptors (Lipinski definition) is 0. The largest absolute Gasteiger partial charge is 0.276 e. The minimum absolute atomic E-state index is 0.251. The van der Waals surface area contributed by atoms with Crippen molar-refractivity contribution >= 4 is 15.9 Å². The fraction of sp³-hybridized carbons (Fsp3) is 0.400. The Morgan fingerprint density at radius 3 is 2.71 bits per heavy atom. The van der Waals surface area contributed by atoms with Crippen molar-refractivity contribution in [1.29, 1.82) is 0 Å². The molecule has 0 fully saturated rings. The summed E-state index contributed by atoms with van der Waals surface area (Å²) in [4.78, 5) is 0. The van der Waals surface area contributed by atoms with E-state index in [1.807, 2.05) is 0 Å². The maximum absolute atomic E-state index is 13.3. The minimum atomic E-state index is -3.00. The standard InChI is InChI=1S/C10H8BrF3/c11-7-4-6-2-1-3-10(13,14)9(6)8(12)5-7/h4-5H,1-3H2. The molecule has 1 aliphatic rings. The van der Waals surface area contributed by atoms with Gasteiger partial charge in [-0.3, -0.25) is 0 Å². The van der Waals surface area contributed by atoms with Crippen LogP contribution in [-0.4, -0.2) is 0 Å². The Hall–Kier alpha value is -0.510. The molecule has 0 N–H and O–H groups in total. The first-order valence-electron chi connectivity index (χ1n) is 4.37. The Labute approximate surface area is 88.2 Å². The summed E-state index contributed by atoms with van der Waals surface area (Å²) >= 11 is 3.09. The van der Waals surface area contributed by atoms with E-state index in [1.54, 1.807) is 6.07 Å². The smallest absolute Gasteiger partial charge is 0.206 e. The highest BCUT2D eigenvalue weighted by molar-refractivity contribution is 9.10. The SMILES string of the molecule is Fc1cc(Br)cc2c1C(F)(F)CCC2. The Bertz CT molecular complexity index is 374. The molecule has 76 valence electrons. The van der Waals surface area contributed by atoms with Crippen LogP contribution >= 0.6 is 15.9 Å². The van der Waals surface area contributed by atoms with Gasteiger partial charge in [0.05, 0.1) is 5.56 Å². The van der Waals surface area contributed by atoms with Crippen molar-refractivity contribution in [2.45, 2.75) is 25.2 Å². The van der Waals surface area contributed by atoms with E-state index in [1.165, 1.54) is 0 Å². The van der Waals surface area contributed by atoms with Gasteiger partial charge in [-0.25, -0.2) is 13.2 Å². The number of halogens is 4. The van der Waals surface area contributed by atoms with E-state index in [0.29, 0.717) is 22.9 Å². The lowest BCUT2D eigenvalue weighted by molar-refractivity contribution is -0.0251. The third-order valence-corrected chi connectivity index (χ3v) is 2.90. The molecule has 1 aliphatic carbocycles. The summed E-state index contributed by atoms with van der Waals surface area (Å²) in [7, 11) is 0. The van der Waals surface area contributed by atoms with Crippen LogP contribution in [-0.2, 0) is 12.3 Å². The molecular formula is C10H8BrF3. The van der Waals surface area contributed by atoms with Crippen molar-refractivity contribution in [3.05, 3.63) is 33.5 Å². The molecule has 0 heterocycles. The molecule has 1 aromatic carbocycles. The van der Waals surface area contributed by atoms with Gasteiger partial charge in [0.2, 0.25) is 0 Å². The number of benzene rings is 1. The van der Waals surface area contributed by atoms with Crippen LogP contribution in [0.4, 0.5) is 13.2 Å². The van der Waals surface area contributed by atoms with Crippen LogP contribution in [0.5, 0.6) is 0 Å². The van der Waals surface area contributed by atoms with Crippen LogP contribution in [0.3, 0.4) is 0 Å². The second-order valence-corrected chi connectivity index (χ2v) is 4.40. The molecule has 14 heavy (non-hydrogen) atoms. The summed E-state index contributed by atoms with van der Waals surface area (Å²) in [6.45, 7) is 0. The lowest BCUT2D eigenvalue weighted by Gasteiger charge is -2.25. The number of alkyl halides is 2. The second-order valence-electron chi connectivity index (χ2n) is 3.48. The molecule has 0 aromatic heterocycles. The molecule has 0 spiro atoms. The van der Waals surface area contributed by atoms with Crippen LogP contribution < -0.4 is 0 Å². The Morgan fingerprint density at radius 1 is 1.29 bits per heavy atom. The van der Waals surface area contributed by atoms with E-state index in [-0.39, 0.29) is 6.42 Å². The van der Waals surface area contributed by atoms with Crippen molar-refractivity contribution < 1.29 is 13.2 Å². The van der Waals surface area contributed by atoms with Crippen LogP contribution in [0, 0.1) is 5.82 Å². The van der Waals surface area contributed by atoms with Crippen molar-refractivity contribution in [2.24, 2.45) is 0 Å². The van der Waals surface area contributed by atoms with Crippen molar-refractivity contribution in [3.8, 4) is 0 Å². The average Bonchev–Trinajstić information content (AvgIpc) is 2.00. The maximum atomic E-state index is 13.3. The number of aryl methyl sites for hydroxylation is 1. The third kappa shape index (κ3) is 1.56. The molecule has 0 amide bonds. The van der Waals surface area contributed by atoms with Crippen molar-refractivity contribution in [2.75, 3.05) is 0 Å². The third-order valence-electron chi connectivity index (χ3n) is 2.44. The summed E-state index contributed by atoms with van der Waals surface area (Å²) in [5, 5.41) is 0. The molecule has 0 atom stereocenters. The Balaban J connectivity index is 2.63. The van der Waals surface area contributed by atoms with Gasteiger partial charge < -0.3 is 0 Å². The molecule has 4 heteroatoms. The van der Waals surface area contributed by atoms with Gasteiger partial charge in [-0.05, 0) is 30.5 Å². The first kappa shape index (κ1) is 10.0. The molecule has 0 radical (unpaired) electrons. The quantitative estimate of drug-likeness (QED) is 0.664. The molecule has 0 nitrogen and oxygen atoms in total. The molecule has 0 aliphatic heterocycles. The van der Waals surface area contributed by atoms with E-state index in [9.17, 15) is 13.2 Å². The van der Waals surface area contributed by atoms with E-state index in [2.05, 4.69) is 15.9 Å².